The summed E-state index contributed by atoms with van der Waals surface area (Å²) in [6.07, 6.45) is 1.95. The number of likely N-dealkylation sites (N-methyl/N-ethyl adjacent to an activating group) is 1. The van der Waals surface area contributed by atoms with Crippen molar-refractivity contribution in [3.63, 3.8) is 0 Å². The highest BCUT2D eigenvalue weighted by atomic mass is 16.5. The molecule has 2 aliphatic rings. The number of amides is 1. The van der Waals surface area contributed by atoms with Crippen LogP contribution in [-0.4, -0.2) is 49.2 Å². The van der Waals surface area contributed by atoms with Crippen molar-refractivity contribution in [1.82, 2.24) is 10.2 Å². The molecule has 2 heterocycles. The number of carbonyl (C=O) groups excluding carboxylic acids is 1. The van der Waals surface area contributed by atoms with Crippen molar-refractivity contribution in [2.75, 3.05) is 20.1 Å². The summed E-state index contributed by atoms with van der Waals surface area (Å²) >= 11 is 0. The molecule has 2 aliphatic heterocycles. The third-order valence-electron chi connectivity index (χ3n) is 3.16. The van der Waals surface area contributed by atoms with E-state index in [2.05, 4.69) is 5.32 Å². The Kier molecular flexibility index (Phi) is 2.74. The van der Waals surface area contributed by atoms with E-state index in [-0.39, 0.29) is 18.1 Å². The lowest BCUT2D eigenvalue weighted by molar-refractivity contribution is -0.144. The number of rotatable bonds is 2. The van der Waals surface area contributed by atoms with Crippen molar-refractivity contribution in [3.8, 4) is 0 Å². The first-order valence-electron chi connectivity index (χ1n) is 5.31. The van der Waals surface area contributed by atoms with Gasteiger partial charge in [0.05, 0.1) is 12.1 Å². The van der Waals surface area contributed by atoms with Crippen LogP contribution in [0.4, 0.5) is 0 Å². The zero-order valence-electron chi connectivity index (χ0n) is 8.82. The third-order valence-corrected chi connectivity index (χ3v) is 3.16. The van der Waals surface area contributed by atoms with Crippen molar-refractivity contribution in [2.45, 2.75) is 38.0 Å². The van der Waals surface area contributed by atoms with Crippen molar-refractivity contribution in [3.05, 3.63) is 0 Å². The standard InChI is InChI=1S/C10H18N2O2/c1-7-3-4-9(14-7)10(13)12(2)8-5-11-6-8/h7-9,11H,3-6H2,1-2H3. The fourth-order valence-corrected chi connectivity index (χ4v) is 1.94. The van der Waals surface area contributed by atoms with Crippen LogP contribution < -0.4 is 5.32 Å². The summed E-state index contributed by atoms with van der Waals surface area (Å²) in [5.41, 5.74) is 0. The second-order valence-corrected chi connectivity index (χ2v) is 4.27. The molecule has 0 aromatic heterocycles. The van der Waals surface area contributed by atoms with Gasteiger partial charge in [-0.3, -0.25) is 4.79 Å². The van der Waals surface area contributed by atoms with E-state index in [1.54, 1.807) is 0 Å². The molecule has 1 amide bonds. The molecule has 0 aliphatic carbocycles. The average molecular weight is 198 g/mol. The van der Waals surface area contributed by atoms with E-state index in [0.29, 0.717) is 6.04 Å². The minimum Gasteiger partial charge on any atom is -0.365 e. The van der Waals surface area contributed by atoms with Crippen LogP contribution >= 0.6 is 0 Å². The predicted molar refractivity (Wildman–Crippen MR) is 53.0 cm³/mol. The first-order chi connectivity index (χ1) is 6.68. The van der Waals surface area contributed by atoms with Gasteiger partial charge in [0.15, 0.2) is 0 Å². The molecule has 2 fully saturated rings. The minimum absolute atomic E-state index is 0.154. The lowest BCUT2D eigenvalue weighted by Gasteiger charge is -2.36. The maximum Gasteiger partial charge on any atom is 0.251 e. The Hall–Kier alpha value is -0.610. The van der Waals surface area contributed by atoms with E-state index in [1.165, 1.54) is 0 Å². The zero-order valence-corrected chi connectivity index (χ0v) is 8.82. The van der Waals surface area contributed by atoms with Crippen molar-refractivity contribution < 1.29 is 9.53 Å². The van der Waals surface area contributed by atoms with E-state index in [0.717, 1.165) is 25.9 Å². The molecule has 0 bridgehead atoms. The van der Waals surface area contributed by atoms with E-state index in [1.807, 2.05) is 18.9 Å². The molecule has 0 aromatic carbocycles. The summed E-state index contributed by atoms with van der Waals surface area (Å²) in [5, 5.41) is 3.16. The molecule has 1 N–H and O–H groups in total. The van der Waals surface area contributed by atoms with E-state index in [4.69, 9.17) is 4.74 Å². The molecule has 0 aromatic rings. The van der Waals surface area contributed by atoms with Gasteiger partial charge in [0.25, 0.3) is 5.91 Å². The highest BCUT2D eigenvalue weighted by molar-refractivity contribution is 5.81. The molecule has 2 unspecified atom stereocenters. The van der Waals surface area contributed by atoms with Crippen molar-refractivity contribution >= 4 is 5.91 Å². The highest BCUT2D eigenvalue weighted by Crippen LogP contribution is 2.21. The smallest absolute Gasteiger partial charge is 0.251 e. The van der Waals surface area contributed by atoms with E-state index < -0.39 is 0 Å². The van der Waals surface area contributed by atoms with E-state index in [9.17, 15) is 4.79 Å². The van der Waals surface area contributed by atoms with Gasteiger partial charge in [-0.15, -0.1) is 0 Å². The molecule has 0 spiro atoms. The summed E-state index contributed by atoms with van der Waals surface area (Å²) in [4.78, 5) is 13.7. The lowest BCUT2D eigenvalue weighted by Crippen LogP contribution is -2.59. The number of nitrogens with zero attached hydrogens (tertiary/aromatic N) is 1. The number of ether oxygens (including phenoxy) is 1. The van der Waals surface area contributed by atoms with Crippen LogP contribution in [0.25, 0.3) is 0 Å². The Labute approximate surface area is 84.6 Å². The Morgan fingerprint density at radius 3 is 2.57 bits per heavy atom. The molecule has 2 rings (SSSR count). The first-order valence-corrected chi connectivity index (χ1v) is 5.31. The van der Waals surface area contributed by atoms with Gasteiger partial charge < -0.3 is 15.0 Å². The molecule has 0 saturated carbocycles. The van der Waals surface area contributed by atoms with Gasteiger partial charge in [-0.25, -0.2) is 0 Å². The summed E-state index contributed by atoms with van der Waals surface area (Å²) in [6.45, 7) is 3.87. The molecular formula is C10H18N2O2. The van der Waals surface area contributed by atoms with Gasteiger partial charge in [-0.1, -0.05) is 0 Å². The molecule has 80 valence electrons. The van der Waals surface area contributed by atoms with Crippen LogP contribution in [0.15, 0.2) is 0 Å². The van der Waals surface area contributed by atoms with Crippen molar-refractivity contribution in [1.29, 1.82) is 0 Å². The second kappa shape index (κ2) is 3.87. The molecular weight excluding hydrogens is 180 g/mol. The van der Waals surface area contributed by atoms with Gasteiger partial charge >= 0.3 is 0 Å². The van der Waals surface area contributed by atoms with Gasteiger partial charge in [-0.05, 0) is 19.8 Å². The van der Waals surface area contributed by atoms with Crippen LogP contribution in [0, 0.1) is 0 Å². The summed E-state index contributed by atoms with van der Waals surface area (Å²) in [6, 6.07) is 0.377. The van der Waals surface area contributed by atoms with Crippen LogP contribution in [0.3, 0.4) is 0 Å². The average Bonchev–Trinajstić information content (AvgIpc) is 2.47. The first kappa shape index (κ1) is 9.93. The molecule has 2 saturated heterocycles. The summed E-state index contributed by atoms with van der Waals surface area (Å²) in [7, 11) is 1.88. The molecule has 14 heavy (non-hydrogen) atoms. The van der Waals surface area contributed by atoms with Crippen molar-refractivity contribution in [2.24, 2.45) is 0 Å². The summed E-state index contributed by atoms with van der Waals surface area (Å²) < 4.78 is 5.55. The summed E-state index contributed by atoms with van der Waals surface area (Å²) in [5.74, 6) is 0.154. The largest absolute Gasteiger partial charge is 0.365 e. The second-order valence-electron chi connectivity index (χ2n) is 4.27. The fraction of sp³-hybridized carbons (Fsp3) is 0.900. The SMILES string of the molecule is CC1CCC(C(=O)N(C)C2CNC2)O1. The Balaban J connectivity index is 1.87. The predicted octanol–water partition coefficient (Wildman–Crippen LogP) is -0.0159. The molecule has 4 heteroatoms. The fourth-order valence-electron chi connectivity index (χ4n) is 1.94. The maximum absolute atomic E-state index is 11.9. The zero-order chi connectivity index (χ0) is 10.1. The number of nitrogens with one attached hydrogen (secondary N) is 1. The Bertz CT molecular complexity index is 224. The normalized spacial score (nSPS) is 32.7. The number of hydrogen-bond acceptors (Lipinski definition) is 3. The van der Waals surface area contributed by atoms with Crippen LogP contribution in [0.1, 0.15) is 19.8 Å². The lowest BCUT2D eigenvalue weighted by atomic mass is 10.1. The number of carbonyl (C=O) groups is 1. The van der Waals surface area contributed by atoms with Crippen LogP contribution in [0.2, 0.25) is 0 Å². The van der Waals surface area contributed by atoms with Crippen LogP contribution in [0.5, 0.6) is 0 Å². The van der Waals surface area contributed by atoms with Crippen LogP contribution in [-0.2, 0) is 9.53 Å². The Morgan fingerprint density at radius 2 is 2.14 bits per heavy atom. The van der Waals surface area contributed by atoms with E-state index >= 15 is 0 Å². The van der Waals surface area contributed by atoms with Gasteiger partial charge in [-0.2, -0.15) is 0 Å². The maximum atomic E-state index is 11.9. The van der Waals surface area contributed by atoms with Gasteiger partial charge in [0.1, 0.15) is 6.10 Å². The number of hydrogen-bond donors (Lipinski definition) is 1. The minimum atomic E-state index is -0.185. The highest BCUT2D eigenvalue weighted by Gasteiger charge is 2.34. The topological polar surface area (TPSA) is 41.6 Å². The van der Waals surface area contributed by atoms with Gasteiger partial charge in [0, 0.05) is 20.1 Å². The molecule has 2 atom stereocenters. The van der Waals surface area contributed by atoms with Gasteiger partial charge in [0.2, 0.25) is 0 Å². The quantitative estimate of drug-likeness (QED) is 0.678. The monoisotopic (exact) mass is 198 g/mol. The molecule has 4 nitrogen and oxygen atoms in total. The Morgan fingerprint density at radius 1 is 1.43 bits per heavy atom. The molecule has 0 radical (unpaired) electrons. The third kappa shape index (κ3) is 1.77.